The summed E-state index contributed by atoms with van der Waals surface area (Å²) in [6.45, 7) is 6.41. The van der Waals surface area contributed by atoms with Crippen molar-refractivity contribution in [1.29, 1.82) is 0 Å². The van der Waals surface area contributed by atoms with Crippen molar-refractivity contribution in [1.82, 2.24) is 52.3 Å². The second-order valence-electron chi connectivity index (χ2n) is 24.9. The lowest BCUT2D eigenvalue weighted by atomic mass is 9.96. The van der Waals surface area contributed by atoms with Crippen LogP contribution < -0.4 is 46.7 Å². The van der Waals surface area contributed by atoms with Gasteiger partial charge in [0.1, 0.15) is 66.2 Å². The number of carbonyl (C=O) groups excluding carboxylic acids is 10. The number of nitrogens with one attached hydrogen (secondary N) is 8. The Labute approximate surface area is 580 Å². The number of amides is 10. The molecule has 4 rings (SSSR count). The van der Waals surface area contributed by atoms with Gasteiger partial charge in [-0.1, -0.05) is 76.6 Å². The number of likely N-dealkylation sites (tertiary alicyclic amines) is 2. The zero-order valence-corrected chi connectivity index (χ0v) is 56.8. The van der Waals surface area contributed by atoms with E-state index in [4.69, 9.17) is 10.2 Å². The van der Waals surface area contributed by atoms with Crippen molar-refractivity contribution in [2.75, 3.05) is 13.1 Å². The predicted molar refractivity (Wildman–Crippen MR) is 348 cm³/mol. The van der Waals surface area contributed by atoms with E-state index in [9.17, 15) is 110 Å². The van der Waals surface area contributed by atoms with E-state index in [0.29, 0.717) is 5.56 Å². The van der Waals surface area contributed by atoms with Crippen molar-refractivity contribution in [3.8, 4) is 5.75 Å². The summed E-state index contributed by atoms with van der Waals surface area (Å²) in [5.74, 6) is -20.1. The van der Waals surface area contributed by atoms with Gasteiger partial charge in [-0.15, -0.1) is 0 Å². The first-order valence-corrected chi connectivity index (χ1v) is 34.0. The molecule has 2 aliphatic rings. The van der Waals surface area contributed by atoms with Crippen molar-refractivity contribution < 1.29 is 125 Å². The van der Waals surface area contributed by atoms with E-state index in [1.165, 1.54) is 12.1 Å². The second-order valence-corrected chi connectivity index (χ2v) is 25.9. The summed E-state index contributed by atoms with van der Waals surface area (Å²) >= 11 is 0. The topological polar surface area (TPSA) is 561 Å². The molecule has 2 aromatic carbocycles. The van der Waals surface area contributed by atoms with Crippen LogP contribution in [0.25, 0.3) is 0 Å². The van der Waals surface area contributed by atoms with Crippen LogP contribution in [0.5, 0.6) is 5.75 Å². The van der Waals surface area contributed by atoms with E-state index in [2.05, 4.69) is 46.7 Å². The molecule has 15 N–H and O–H groups in total. The van der Waals surface area contributed by atoms with Crippen LogP contribution >= 0.6 is 0 Å². The van der Waals surface area contributed by atoms with E-state index in [1.54, 1.807) is 58.0 Å². The zero-order chi connectivity index (χ0) is 75.4. The molecule has 10 amide bonds. The summed E-state index contributed by atoms with van der Waals surface area (Å²) < 4.78 is 36.4. The van der Waals surface area contributed by atoms with Crippen LogP contribution in [0.15, 0.2) is 54.6 Å². The number of aliphatic carboxylic acids is 6. The maximum absolute atomic E-state index is 14.8. The summed E-state index contributed by atoms with van der Waals surface area (Å²) in [6, 6.07) is -3.14. The maximum atomic E-state index is 14.8. The van der Waals surface area contributed by atoms with Crippen LogP contribution in [0.2, 0.25) is 0 Å². The van der Waals surface area contributed by atoms with Crippen LogP contribution in [-0.4, -0.2) is 222 Å². The van der Waals surface area contributed by atoms with Gasteiger partial charge in [-0.25, -0.2) is 4.79 Å². The number of carboxylic acid groups (broad SMARTS) is 6. The molecule has 0 saturated carbocycles. The van der Waals surface area contributed by atoms with E-state index in [1.807, 2.05) is 0 Å². The van der Waals surface area contributed by atoms with E-state index < -0.39 is 254 Å². The maximum Gasteiger partial charge on any atom is 0.446 e. The number of carboxylic acids is 6. The minimum Gasteiger partial charge on any atom is -0.481 e. The molecule has 556 valence electrons. The number of rotatable bonds is 43. The smallest absolute Gasteiger partial charge is 0.446 e. The van der Waals surface area contributed by atoms with Gasteiger partial charge in [0.2, 0.25) is 59.1 Å². The molecule has 11 atom stereocenters. The molecule has 2 aromatic rings. The van der Waals surface area contributed by atoms with Crippen LogP contribution in [0, 0.1) is 11.8 Å². The van der Waals surface area contributed by atoms with Crippen LogP contribution in [0.4, 0.5) is 0 Å². The van der Waals surface area contributed by atoms with E-state index in [0.717, 1.165) is 21.9 Å². The van der Waals surface area contributed by atoms with Gasteiger partial charge >= 0.3 is 46.2 Å². The molecule has 0 unspecified atom stereocenters. The summed E-state index contributed by atoms with van der Waals surface area (Å²) in [7, 11) is -5.02. The molecule has 2 saturated heterocycles. The third-order valence-corrected chi connectivity index (χ3v) is 17.0. The number of carbonyl (C=O) groups is 16. The monoisotopic (exact) mass is 1440 g/mol. The third kappa shape index (κ3) is 28.4. The number of hydrogen-bond acceptors (Lipinski definition) is 19. The standard InChI is InChI=1S/C64H88N10O26S/c1-5-35(4)54(72-61(92)47-14-9-29-73(47)62(93)41(21-26-51(80)81)68-58(89)44(32-36-11-7-6-8-12-36)65-48(75)23-28-53(84)85)63(94)74-30-10-13-46(74)60(91)67-40(20-25-50(78)79)55(86)66-39(19-24-49(76)77)56(87)71-45(33-37-15-17-38(18-16-37)100-101(97,98)99)59(90)70-43(31-34(2)3)57(88)69-42(64(95)96)22-27-52(82)83/h6-8,11-12,15-18,34-35,39-47,54H,5,9-10,13-14,19-33H2,1-4H3,(H,65,75)(H,66,86)(H,67,91)(H,68,89)(H,69,88)(H,70,90)(H,71,87)(H,72,92)(H,76,77)(H,78,79)(H,80,81)(H,82,83)(H,84,85)(H,95,96)(H,97,98,99)/t35-,39-,40-,41-,42+,43-,44-,45-,46-,47-,54-/m0/s1. The molecule has 0 aromatic heterocycles. The molecule has 101 heavy (non-hydrogen) atoms. The molecule has 2 fully saturated rings. The summed E-state index contributed by atoms with van der Waals surface area (Å²) in [6.07, 6.45) is -6.66. The Morgan fingerprint density at radius 3 is 1.34 bits per heavy atom. The van der Waals surface area contributed by atoms with Crippen molar-refractivity contribution in [2.45, 2.75) is 204 Å². The van der Waals surface area contributed by atoms with Gasteiger partial charge in [0.25, 0.3) is 0 Å². The fraction of sp³-hybridized carbons (Fsp3) is 0.562. The Morgan fingerprint density at radius 2 is 0.861 bits per heavy atom. The average molecular weight is 1450 g/mol. The van der Waals surface area contributed by atoms with Crippen LogP contribution in [0.1, 0.15) is 142 Å². The number of hydrogen-bond donors (Lipinski definition) is 15. The minimum absolute atomic E-state index is 0.0312. The highest BCUT2D eigenvalue weighted by atomic mass is 32.3. The molecule has 37 heteroatoms. The van der Waals surface area contributed by atoms with Gasteiger partial charge in [0.05, 0.1) is 6.42 Å². The van der Waals surface area contributed by atoms with Crippen molar-refractivity contribution in [3.05, 3.63) is 65.7 Å². The molecule has 2 heterocycles. The van der Waals surface area contributed by atoms with Gasteiger partial charge in [-0.05, 0) is 92.9 Å². The molecular weight excluding hydrogens is 1360 g/mol. The van der Waals surface area contributed by atoms with Crippen molar-refractivity contribution >= 4 is 105 Å². The van der Waals surface area contributed by atoms with Crippen molar-refractivity contribution in [2.24, 2.45) is 11.8 Å². The Bertz CT molecular complexity index is 3450. The highest BCUT2D eigenvalue weighted by molar-refractivity contribution is 7.81. The molecule has 36 nitrogen and oxygen atoms in total. The lowest BCUT2D eigenvalue weighted by Crippen LogP contribution is -2.61. The Balaban J connectivity index is 1.61. The summed E-state index contributed by atoms with van der Waals surface area (Å²) in [4.78, 5) is 215. The second kappa shape index (κ2) is 40.1. The third-order valence-electron chi connectivity index (χ3n) is 16.6. The van der Waals surface area contributed by atoms with Crippen molar-refractivity contribution in [3.63, 3.8) is 0 Å². The van der Waals surface area contributed by atoms with E-state index in [-0.39, 0.29) is 63.6 Å². The minimum atomic E-state index is -5.02. The van der Waals surface area contributed by atoms with Crippen LogP contribution in [-0.2, 0) is 100.0 Å². The number of benzene rings is 2. The lowest BCUT2D eigenvalue weighted by molar-refractivity contribution is -0.146. The molecular formula is C64H88N10O26S. The molecule has 0 aliphatic carbocycles. The Kier molecular flexibility index (Phi) is 33.0. The number of nitrogens with zero attached hydrogens (tertiary/aromatic N) is 2. The van der Waals surface area contributed by atoms with E-state index >= 15 is 0 Å². The van der Waals surface area contributed by atoms with Gasteiger partial charge in [-0.2, -0.15) is 8.42 Å². The highest BCUT2D eigenvalue weighted by Crippen LogP contribution is 2.25. The molecule has 0 radical (unpaired) electrons. The molecule has 2 aliphatic heterocycles. The Hall–Kier alpha value is -10.3. The van der Waals surface area contributed by atoms with Gasteiger partial charge < -0.3 is 87.2 Å². The average Bonchev–Trinajstić information content (AvgIpc) is 1.70. The fourth-order valence-electron chi connectivity index (χ4n) is 11.2. The first kappa shape index (κ1) is 83.1. The SMILES string of the molecule is CC[C@H](C)[C@H](NC(=O)[C@@H]1CCCN1C(=O)[C@H](CCC(=O)O)NC(=O)[C@H](Cc1ccccc1)NC(=O)CCC(=O)O)C(=O)N1CCC[C@H]1C(=O)N[C@@H](CCC(=O)O)C(=O)N[C@@H](CCC(=O)O)C(=O)N[C@@H](Cc1ccc(OS(=O)(=O)O)cc1)C(=O)N[C@@H](CC(C)C)C(=O)N[C@H](CCC(=O)O)C(=O)O. The van der Waals surface area contributed by atoms with Gasteiger partial charge in [-0.3, -0.25) is 76.5 Å². The first-order valence-electron chi connectivity index (χ1n) is 32.6. The largest absolute Gasteiger partial charge is 0.481 e. The normalized spacial score (nSPS) is 16.9. The molecule has 0 bridgehead atoms. The molecule has 0 spiro atoms. The fourth-order valence-corrected chi connectivity index (χ4v) is 11.5. The highest BCUT2D eigenvalue weighted by Gasteiger charge is 2.44. The quantitative estimate of drug-likeness (QED) is 0.0355. The van der Waals surface area contributed by atoms with Gasteiger partial charge in [0.15, 0.2) is 0 Å². The van der Waals surface area contributed by atoms with Crippen LogP contribution in [0.3, 0.4) is 0 Å². The van der Waals surface area contributed by atoms with Gasteiger partial charge in [0, 0.05) is 58.0 Å². The summed E-state index contributed by atoms with van der Waals surface area (Å²) in [5, 5.41) is 76.8. The predicted octanol–water partition coefficient (Wildman–Crippen LogP) is -0.985. The lowest BCUT2D eigenvalue weighted by Gasteiger charge is -2.34. The summed E-state index contributed by atoms with van der Waals surface area (Å²) in [5.41, 5.74) is 0.688. The zero-order valence-electron chi connectivity index (χ0n) is 56.0. The first-order chi connectivity index (χ1) is 47.5. The Morgan fingerprint density at radius 1 is 0.465 bits per heavy atom.